The van der Waals surface area contributed by atoms with Gasteiger partial charge in [-0.1, -0.05) is 19.9 Å². The average Bonchev–Trinajstić information content (AvgIpc) is 3.00. The van der Waals surface area contributed by atoms with Crippen molar-refractivity contribution in [3.8, 4) is 0 Å². The van der Waals surface area contributed by atoms with Crippen LogP contribution in [0, 0.1) is 18.8 Å². The summed E-state index contributed by atoms with van der Waals surface area (Å²) in [6.45, 7) is 11.7. The van der Waals surface area contributed by atoms with E-state index >= 15 is 0 Å². The molecular formula is C21H31N3O4. The minimum absolute atomic E-state index is 0.0879. The summed E-state index contributed by atoms with van der Waals surface area (Å²) in [4.78, 5) is 38.7. The lowest BCUT2D eigenvalue weighted by atomic mass is 9.90. The number of hydrogen-bond acceptors (Lipinski definition) is 4. The molecule has 1 aliphatic heterocycles. The summed E-state index contributed by atoms with van der Waals surface area (Å²) in [7, 11) is 0. The lowest BCUT2D eigenvalue weighted by Crippen LogP contribution is -2.46. The van der Waals surface area contributed by atoms with Gasteiger partial charge in [-0.25, -0.2) is 4.79 Å². The van der Waals surface area contributed by atoms with Crippen LogP contribution >= 0.6 is 0 Å². The normalized spacial score (nSPS) is 19.6. The fourth-order valence-electron chi connectivity index (χ4n) is 3.66. The molecule has 154 valence electrons. The monoisotopic (exact) mass is 389 g/mol. The Morgan fingerprint density at radius 3 is 2.43 bits per heavy atom. The van der Waals surface area contributed by atoms with E-state index in [1.807, 2.05) is 34.6 Å². The fourth-order valence-corrected chi connectivity index (χ4v) is 3.66. The van der Waals surface area contributed by atoms with Crippen molar-refractivity contribution in [1.82, 2.24) is 4.90 Å². The van der Waals surface area contributed by atoms with Crippen LogP contribution in [-0.4, -0.2) is 41.0 Å². The molecule has 0 unspecified atom stereocenters. The van der Waals surface area contributed by atoms with Gasteiger partial charge in [0.25, 0.3) is 0 Å². The zero-order valence-corrected chi connectivity index (χ0v) is 17.5. The zero-order chi connectivity index (χ0) is 21.2. The first-order chi connectivity index (χ1) is 12.9. The molecule has 1 aromatic carbocycles. The van der Waals surface area contributed by atoms with Gasteiger partial charge < -0.3 is 20.7 Å². The van der Waals surface area contributed by atoms with Crippen molar-refractivity contribution in [2.45, 2.75) is 59.6 Å². The molecule has 3 amide bonds. The lowest BCUT2D eigenvalue weighted by molar-refractivity contribution is -0.120. The molecule has 0 saturated carbocycles. The first-order valence-electron chi connectivity index (χ1n) is 9.61. The molecule has 7 nitrogen and oxygen atoms in total. The number of nitrogens with two attached hydrogens (primary N) is 1. The quantitative estimate of drug-likeness (QED) is 0.825. The average molecular weight is 389 g/mol. The third-order valence-electron chi connectivity index (χ3n) is 4.87. The van der Waals surface area contributed by atoms with E-state index in [1.54, 1.807) is 30.0 Å². The topological polar surface area (TPSA) is 102 Å². The Balaban J connectivity index is 2.18. The molecule has 2 rings (SSSR count). The van der Waals surface area contributed by atoms with Crippen LogP contribution in [0.1, 0.15) is 57.0 Å². The predicted octanol–water partition coefficient (Wildman–Crippen LogP) is 3.31. The van der Waals surface area contributed by atoms with Gasteiger partial charge in [0.1, 0.15) is 5.60 Å². The second-order valence-corrected chi connectivity index (χ2v) is 8.69. The fraction of sp³-hybridized carbons (Fsp3) is 0.571. The van der Waals surface area contributed by atoms with E-state index in [4.69, 9.17) is 10.5 Å². The number of rotatable bonds is 4. The van der Waals surface area contributed by atoms with Crippen molar-refractivity contribution in [3.05, 3.63) is 29.3 Å². The number of carbonyl (C=O) groups is 3. The number of hydrogen-bond donors (Lipinski definition) is 2. The van der Waals surface area contributed by atoms with Crippen LogP contribution in [0.15, 0.2) is 18.2 Å². The number of primary amides is 1. The van der Waals surface area contributed by atoms with Gasteiger partial charge in [0.2, 0.25) is 11.8 Å². The maximum atomic E-state index is 12.9. The predicted molar refractivity (Wildman–Crippen MR) is 108 cm³/mol. The van der Waals surface area contributed by atoms with Crippen LogP contribution in [0.5, 0.6) is 0 Å². The largest absolute Gasteiger partial charge is 0.444 e. The SMILES string of the molecule is Cc1ccc(NC(=O)[C@@H]2CCN(C(=O)OC(C)(C)C)[C@@H]2C(C)C)cc1C(N)=O. The highest BCUT2D eigenvalue weighted by molar-refractivity contribution is 5.98. The summed E-state index contributed by atoms with van der Waals surface area (Å²) < 4.78 is 5.51. The Morgan fingerprint density at radius 1 is 1.25 bits per heavy atom. The molecule has 0 bridgehead atoms. The minimum Gasteiger partial charge on any atom is -0.444 e. The highest BCUT2D eigenvalue weighted by atomic mass is 16.6. The number of carbonyl (C=O) groups excluding carboxylic acids is 3. The first kappa shape index (κ1) is 21.7. The van der Waals surface area contributed by atoms with Gasteiger partial charge >= 0.3 is 6.09 Å². The minimum atomic E-state index is -0.591. The summed E-state index contributed by atoms with van der Waals surface area (Å²) in [6.07, 6.45) is 0.162. The van der Waals surface area contributed by atoms with Crippen molar-refractivity contribution >= 4 is 23.6 Å². The number of nitrogens with zero attached hydrogens (tertiary/aromatic N) is 1. The Morgan fingerprint density at radius 2 is 1.89 bits per heavy atom. The molecule has 7 heteroatoms. The molecule has 0 radical (unpaired) electrons. The molecule has 0 aliphatic carbocycles. The van der Waals surface area contributed by atoms with E-state index in [-0.39, 0.29) is 23.8 Å². The van der Waals surface area contributed by atoms with Gasteiger partial charge in [0, 0.05) is 23.8 Å². The number of likely N-dealkylation sites (tertiary alicyclic amines) is 1. The van der Waals surface area contributed by atoms with Crippen molar-refractivity contribution in [2.75, 3.05) is 11.9 Å². The molecule has 0 spiro atoms. The van der Waals surface area contributed by atoms with Crippen LogP contribution in [0.4, 0.5) is 10.5 Å². The van der Waals surface area contributed by atoms with Crippen LogP contribution in [0.25, 0.3) is 0 Å². The van der Waals surface area contributed by atoms with Crippen LogP contribution < -0.4 is 11.1 Å². The maximum absolute atomic E-state index is 12.9. The Bertz CT molecular complexity index is 767. The van der Waals surface area contributed by atoms with Crippen molar-refractivity contribution in [2.24, 2.45) is 17.6 Å². The van der Waals surface area contributed by atoms with Gasteiger partial charge in [-0.05, 0) is 57.7 Å². The second-order valence-electron chi connectivity index (χ2n) is 8.69. The highest BCUT2D eigenvalue weighted by Crippen LogP contribution is 2.32. The number of ether oxygens (including phenoxy) is 1. The van der Waals surface area contributed by atoms with E-state index < -0.39 is 17.6 Å². The van der Waals surface area contributed by atoms with E-state index in [0.29, 0.717) is 24.2 Å². The van der Waals surface area contributed by atoms with Crippen LogP contribution in [0.3, 0.4) is 0 Å². The van der Waals surface area contributed by atoms with Crippen molar-refractivity contribution in [1.29, 1.82) is 0 Å². The lowest BCUT2D eigenvalue weighted by Gasteiger charge is -2.32. The van der Waals surface area contributed by atoms with E-state index in [0.717, 1.165) is 5.56 Å². The van der Waals surface area contributed by atoms with Crippen LogP contribution in [-0.2, 0) is 9.53 Å². The zero-order valence-electron chi connectivity index (χ0n) is 17.5. The van der Waals surface area contributed by atoms with E-state index in [2.05, 4.69) is 5.32 Å². The summed E-state index contributed by atoms with van der Waals surface area (Å²) in [5, 5.41) is 2.87. The third kappa shape index (κ3) is 5.03. The number of amides is 3. The molecule has 1 saturated heterocycles. The first-order valence-corrected chi connectivity index (χ1v) is 9.61. The van der Waals surface area contributed by atoms with Gasteiger partial charge in [0.05, 0.1) is 5.92 Å². The molecule has 28 heavy (non-hydrogen) atoms. The molecule has 2 atom stereocenters. The molecule has 1 aromatic rings. The number of nitrogens with one attached hydrogen (secondary N) is 1. The molecule has 0 aromatic heterocycles. The standard InChI is InChI=1S/C21H31N3O4/c1-12(2)17-15(9-10-24(17)20(27)28-21(4,5)6)19(26)23-14-8-7-13(3)16(11-14)18(22)25/h7-8,11-12,15,17H,9-10H2,1-6H3,(H2,22,25)(H,23,26)/t15-,17-/m1/s1. The summed E-state index contributed by atoms with van der Waals surface area (Å²) >= 11 is 0. The molecular weight excluding hydrogens is 358 g/mol. The molecule has 1 heterocycles. The Kier molecular flexibility index (Phi) is 6.37. The van der Waals surface area contributed by atoms with Crippen molar-refractivity contribution < 1.29 is 19.1 Å². The molecule has 3 N–H and O–H groups in total. The van der Waals surface area contributed by atoms with E-state index in [1.165, 1.54) is 0 Å². The summed E-state index contributed by atoms with van der Waals surface area (Å²) in [5.41, 5.74) is 6.44. The Hall–Kier alpha value is -2.57. The van der Waals surface area contributed by atoms with Gasteiger partial charge in [-0.3, -0.25) is 9.59 Å². The summed E-state index contributed by atoms with van der Waals surface area (Å²) in [6, 6.07) is 4.82. The number of anilines is 1. The molecule has 1 aliphatic rings. The smallest absolute Gasteiger partial charge is 0.410 e. The second kappa shape index (κ2) is 8.20. The van der Waals surface area contributed by atoms with Gasteiger partial charge in [0.15, 0.2) is 0 Å². The maximum Gasteiger partial charge on any atom is 0.410 e. The third-order valence-corrected chi connectivity index (χ3v) is 4.87. The van der Waals surface area contributed by atoms with Crippen molar-refractivity contribution in [3.63, 3.8) is 0 Å². The van der Waals surface area contributed by atoms with E-state index in [9.17, 15) is 14.4 Å². The van der Waals surface area contributed by atoms with Gasteiger partial charge in [-0.2, -0.15) is 0 Å². The van der Waals surface area contributed by atoms with Gasteiger partial charge in [-0.15, -0.1) is 0 Å². The van der Waals surface area contributed by atoms with Crippen LogP contribution in [0.2, 0.25) is 0 Å². The molecule has 1 fully saturated rings. The summed E-state index contributed by atoms with van der Waals surface area (Å²) in [5.74, 6) is -0.981. The number of aryl methyl sites for hydroxylation is 1. The number of benzene rings is 1. The Labute approximate surface area is 166 Å². The highest BCUT2D eigenvalue weighted by Gasteiger charge is 2.44.